The molecule has 2 heterocycles. The largest absolute Gasteiger partial charge is 0.315 e. The molecule has 2 rings (SSSR count). The third-order valence-corrected chi connectivity index (χ3v) is 3.70. The molecule has 0 aliphatic carbocycles. The van der Waals surface area contributed by atoms with Crippen LogP contribution in [0.15, 0.2) is 12.3 Å². The molecule has 0 aliphatic heterocycles. The molecule has 0 amide bonds. The molecule has 1 N–H and O–H groups in total. The second-order valence-electron chi connectivity index (χ2n) is 4.50. The third kappa shape index (κ3) is 2.73. The zero-order chi connectivity index (χ0) is 13.1. The van der Waals surface area contributed by atoms with Crippen LogP contribution < -0.4 is 5.32 Å². The minimum Gasteiger partial charge on any atom is -0.315 e. The van der Waals surface area contributed by atoms with Crippen molar-refractivity contribution in [2.75, 3.05) is 7.05 Å². The molecule has 0 saturated carbocycles. The maximum atomic E-state index is 4.73. The number of hydrogen-bond acceptors (Lipinski definition) is 5. The molecule has 18 heavy (non-hydrogen) atoms. The van der Waals surface area contributed by atoms with E-state index in [-0.39, 0.29) is 0 Å². The highest BCUT2D eigenvalue weighted by atomic mass is 32.1. The molecule has 0 unspecified atom stereocenters. The van der Waals surface area contributed by atoms with E-state index in [2.05, 4.69) is 29.1 Å². The molecule has 0 atom stereocenters. The molecule has 4 nitrogen and oxygen atoms in total. The number of aromatic nitrogens is 3. The van der Waals surface area contributed by atoms with Crippen molar-refractivity contribution >= 4 is 11.3 Å². The maximum Gasteiger partial charge on any atom is 0.142 e. The summed E-state index contributed by atoms with van der Waals surface area (Å²) < 4.78 is 0. The van der Waals surface area contributed by atoms with Crippen molar-refractivity contribution in [3.63, 3.8) is 0 Å². The van der Waals surface area contributed by atoms with Gasteiger partial charge in [0.2, 0.25) is 0 Å². The lowest BCUT2D eigenvalue weighted by Crippen LogP contribution is -2.06. The Labute approximate surface area is 112 Å². The molecule has 0 aromatic carbocycles. The van der Waals surface area contributed by atoms with E-state index < -0.39 is 0 Å². The molecular formula is C13H18N4S. The van der Waals surface area contributed by atoms with Crippen molar-refractivity contribution in [2.45, 2.75) is 33.2 Å². The van der Waals surface area contributed by atoms with E-state index in [1.807, 2.05) is 20.0 Å². The van der Waals surface area contributed by atoms with Crippen molar-refractivity contribution in [1.29, 1.82) is 0 Å². The Morgan fingerprint density at radius 1 is 1.33 bits per heavy atom. The zero-order valence-corrected chi connectivity index (χ0v) is 12.0. The Bertz CT molecular complexity index is 534. The number of hydrogen-bond donors (Lipinski definition) is 1. The molecule has 0 fully saturated rings. The van der Waals surface area contributed by atoms with Crippen molar-refractivity contribution < 1.29 is 0 Å². The van der Waals surface area contributed by atoms with E-state index in [0.29, 0.717) is 5.92 Å². The SMILES string of the molecule is CNCc1sc(-c2ccnc(C)n2)nc1C(C)C. The minimum absolute atomic E-state index is 0.432. The summed E-state index contributed by atoms with van der Waals surface area (Å²) in [6, 6.07) is 1.92. The summed E-state index contributed by atoms with van der Waals surface area (Å²) in [6.07, 6.45) is 1.78. The summed E-state index contributed by atoms with van der Waals surface area (Å²) in [5.74, 6) is 1.21. The fourth-order valence-electron chi connectivity index (χ4n) is 1.79. The van der Waals surface area contributed by atoms with Crippen LogP contribution in [0.5, 0.6) is 0 Å². The predicted octanol–water partition coefficient (Wildman–Crippen LogP) is 2.75. The third-order valence-electron chi connectivity index (χ3n) is 2.61. The zero-order valence-electron chi connectivity index (χ0n) is 11.2. The first-order valence-corrected chi connectivity index (χ1v) is 6.87. The highest BCUT2D eigenvalue weighted by Gasteiger charge is 2.15. The first-order chi connectivity index (χ1) is 8.61. The van der Waals surface area contributed by atoms with E-state index in [0.717, 1.165) is 23.1 Å². The summed E-state index contributed by atoms with van der Waals surface area (Å²) in [5.41, 5.74) is 2.08. The van der Waals surface area contributed by atoms with Crippen LogP contribution in [0, 0.1) is 6.92 Å². The molecule has 0 radical (unpaired) electrons. The van der Waals surface area contributed by atoms with E-state index in [1.54, 1.807) is 17.5 Å². The molecule has 2 aromatic heterocycles. The molecule has 0 spiro atoms. The number of nitrogens with zero attached hydrogens (tertiary/aromatic N) is 3. The lowest BCUT2D eigenvalue weighted by Gasteiger charge is -2.03. The highest BCUT2D eigenvalue weighted by molar-refractivity contribution is 7.15. The summed E-state index contributed by atoms with van der Waals surface area (Å²) in [7, 11) is 1.96. The van der Waals surface area contributed by atoms with Gasteiger partial charge in [-0.15, -0.1) is 11.3 Å². The number of nitrogens with one attached hydrogen (secondary N) is 1. The first kappa shape index (κ1) is 13.1. The number of thiazole rings is 1. The maximum absolute atomic E-state index is 4.73. The van der Waals surface area contributed by atoms with Gasteiger partial charge >= 0.3 is 0 Å². The van der Waals surface area contributed by atoms with Crippen LogP contribution in [0.1, 0.15) is 36.2 Å². The molecule has 0 saturated heterocycles. The van der Waals surface area contributed by atoms with Crippen LogP contribution in [-0.4, -0.2) is 22.0 Å². The van der Waals surface area contributed by atoms with Gasteiger partial charge in [-0.2, -0.15) is 0 Å². The van der Waals surface area contributed by atoms with Gasteiger partial charge in [0.05, 0.1) is 5.69 Å². The van der Waals surface area contributed by atoms with Crippen molar-refractivity contribution in [2.24, 2.45) is 0 Å². The van der Waals surface area contributed by atoms with Crippen LogP contribution in [0.2, 0.25) is 0 Å². The Balaban J connectivity index is 2.43. The van der Waals surface area contributed by atoms with Crippen molar-refractivity contribution in [3.8, 4) is 10.7 Å². The lowest BCUT2D eigenvalue weighted by atomic mass is 10.1. The summed E-state index contributed by atoms with van der Waals surface area (Å²) in [4.78, 5) is 14.6. The molecule has 0 aliphatic rings. The standard InChI is InChI=1S/C13H18N4S/c1-8(2)12-11(7-14-4)18-13(17-12)10-5-6-15-9(3)16-10/h5-6,8,14H,7H2,1-4H3. The first-order valence-electron chi connectivity index (χ1n) is 6.06. The fraction of sp³-hybridized carbons (Fsp3) is 0.462. The molecule has 96 valence electrons. The van der Waals surface area contributed by atoms with Gasteiger partial charge in [0, 0.05) is 17.6 Å². The normalized spacial score (nSPS) is 11.2. The van der Waals surface area contributed by atoms with Crippen LogP contribution in [0.25, 0.3) is 10.7 Å². The summed E-state index contributed by atoms with van der Waals surface area (Å²) in [5, 5.41) is 4.17. The van der Waals surface area contributed by atoms with E-state index in [9.17, 15) is 0 Å². The van der Waals surface area contributed by atoms with Crippen LogP contribution >= 0.6 is 11.3 Å². The smallest absolute Gasteiger partial charge is 0.142 e. The van der Waals surface area contributed by atoms with Crippen molar-refractivity contribution in [3.05, 3.63) is 28.7 Å². The summed E-state index contributed by atoms with van der Waals surface area (Å²) in [6.45, 7) is 7.09. The quantitative estimate of drug-likeness (QED) is 0.920. The van der Waals surface area contributed by atoms with E-state index in [1.165, 1.54) is 10.6 Å². The number of aryl methyl sites for hydroxylation is 1. The van der Waals surface area contributed by atoms with Gasteiger partial charge in [-0.3, -0.25) is 0 Å². The van der Waals surface area contributed by atoms with Gasteiger partial charge in [-0.25, -0.2) is 15.0 Å². The Kier molecular flexibility index (Phi) is 4.04. The van der Waals surface area contributed by atoms with Crippen LogP contribution in [-0.2, 0) is 6.54 Å². The summed E-state index contributed by atoms with van der Waals surface area (Å²) >= 11 is 1.71. The monoisotopic (exact) mass is 262 g/mol. The van der Waals surface area contributed by atoms with Gasteiger partial charge in [-0.05, 0) is 26.0 Å². The van der Waals surface area contributed by atoms with Crippen LogP contribution in [0.4, 0.5) is 0 Å². The second-order valence-corrected chi connectivity index (χ2v) is 5.59. The molecule has 2 aromatic rings. The average molecular weight is 262 g/mol. The molecule has 5 heteroatoms. The van der Waals surface area contributed by atoms with Gasteiger partial charge in [-0.1, -0.05) is 13.8 Å². The predicted molar refractivity (Wildman–Crippen MR) is 74.7 cm³/mol. The Morgan fingerprint density at radius 3 is 2.72 bits per heavy atom. The topological polar surface area (TPSA) is 50.7 Å². The Morgan fingerprint density at radius 2 is 2.11 bits per heavy atom. The van der Waals surface area contributed by atoms with Crippen molar-refractivity contribution in [1.82, 2.24) is 20.3 Å². The molecular weight excluding hydrogens is 244 g/mol. The minimum atomic E-state index is 0.432. The van der Waals surface area contributed by atoms with Gasteiger partial charge in [0.15, 0.2) is 0 Å². The molecule has 0 bridgehead atoms. The fourth-order valence-corrected chi connectivity index (χ4v) is 2.98. The van der Waals surface area contributed by atoms with Crippen LogP contribution in [0.3, 0.4) is 0 Å². The van der Waals surface area contributed by atoms with E-state index in [4.69, 9.17) is 4.98 Å². The highest BCUT2D eigenvalue weighted by Crippen LogP contribution is 2.30. The Hall–Kier alpha value is -1.33. The average Bonchev–Trinajstić information content (AvgIpc) is 2.74. The lowest BCUT2D eigenvalue weighted by molar-refractivity contribution is 0.771. The van der Waals surface area contributed by atoms with Gasteiger partial charge in [0.25, 0.3) is 0 Å². The van der Waals surface area contributed by atoms with E-state index >= 15 is 0 Å². The second kappa shape index (κ2) is 5.54. The van der Waals surface area contributed by atoms with Gasteiger partial charge < -0.3 is 5.32 Å². The number of rotatable bonds is 4. The van der Waals surface area contributed by atoms with Gasteiger partial charge in [0.1, 0.15) is 16.5 Å².